The van der Waals surface area contributed by atoms with Crippen molar-refractivity contribution in [2.24, 2.45) is 4.99 Å². The second-order valence-electron chi connectivity index (χ2n) is 5.68. The lowest BCUT2D eigenvalue weighted by Crippen LogP contribution is -2.38. The van der Waals surface area contributed by atoms with Crippen molar-refractivity contribution in [1.82, 2.24) is 20.8 Å². The van der Waals surface area contributed by atoms with E-state index in [1.54, 1.807) is 23.9 Å². The fourth-order valence-corrected chi connectivity index (χ4v) is 3.04. The maximum atomic E-state index is 12.9. The molecule has 2 N–H and O–H groups in total. The predicted molar refractivity (Wildman–Crippen MR) is 118 cm³/mol. The van der Waals surface area contributed by atoms with E-state index >= 15 is 0 Å². The molecule has 6 nitrogen and oxygen atoms in total. The first-order valence-electron chi connectivity index (χ1n) is 8.87. The summed E-state index contributed by atoms with van der Waals surface area (Å²) in [6.45, 7) is 6.21. The first-order valence-corrected chi connectivity index (χ1v) is 9.85. The fourth-order valence-electron chi connectivity index (χ4n) is 2.21. The highest BCUT2D eigenvalue weighted by molar-refractivity contribution is 14.0. The van der Waals surface area contributed by atoms with E-state index in [1.165, 1.54) is 12.1 Å². The van der Waals surface area contributed by atoms with Gasteiger partial charge in [-0.2, -0.15) is 4.98 Å². The highest BCUT2D eigenvalue weighted by Gasteiger charge is 2.03. The number of halogens is 2. The molecule has 2 rings (SSSR count). The largest absolute Gasteiger partial charge is 0.357 e. The minimum Gasteiger partial charge on any atom is -0.357 e. The highest BCUT2D eigenvalue weighted by atomic mass is 127. The summed E-state index contributed by atoms with van der Waals surface area (Å²) in [6.07, 6.45) is 2.61. The molecule has 0 atom stereocenters. The lowest BCUT2D eigenvalue weighted by molar-refractivity contribution is 0.372. The van der Waals surface area contributed by atoms with Crippen molar-refractivity contribution in [3.63, 3.8) is 0 Å². The minimum atomic E-state index is -0.200. The Morgan fingerprint density at radius 3 is 2.67 bits per heavy atom. The van der Waals surface area contributed by atoms with Crippen molar-refractivity contribution in [1.29, 1.82) is 0 Å². The summed E-state index contributed by atoms with van der Waals surface area (Å²) in [5.74, 6) is 2.91. The van der Waals surface area contributed by atoms with Crippen LogP contribution in [-0.2, 0) is 6.42 Å². The predicted octanol–water partition coefficient (Wildman–Crippen LogP) is 3.81. The number of hydrogen-bond donors (Lipinski definition) is 2. The molecule has 27 heavy (non-hydrogen) atoms. The van der Waals surface area contributed by atoms with E-state index in [4.69, 9.17) is 4.52 Å². The summed E-state index contributed by atoms with van der Waals surface area (Å²) in [5.41, 5.74) is 0. The van der Waals surface area contributed by atoms with E-state index in [1.807, 2.05) is 13.8 Å². The molecule has 0 saturated carbocycles. The van der Waals surface area contributed by atoms with Crippen LogP contribution in [-0.4, -0.2) is 41.5 Å². The number of rotatable bonds is 10. The average Bonchev–Trinajstić information content (AvgIpc) is 3.05. The van der Waals surface area contributed by atoms with Gasteiger partial charge < -0.3 is 15.2 Å². The van der Waals surface area contributed by atoms with Crippen molar-refractivity contribution < 1.29 is 8.91 Å². The summed E-state index contributed by atoms with van der Waals surface area (Å²) < 4.78 is 18.0. The summed E-state index contributed by atoms with van der Waals surface area (Å²) in [4.78, 5) is 9.85. The van der Waals surface area contributed by atoms with E-state index < -0.39 is 0 Å². The molecule has 0 unspecified atom stereocenters. The van der Waals surface area contributed by atoms with Gasteiger partial charge in [-0.1, -0.05) is 5.16 Å². The van der Waals surface area contributed by atoms with Gasteiger partial charge in [-0.3, -0.25) is 4.99 Å². The third kappa shape index (κ3) is 9.94. The molecule has 0 radical (unpaired) electrons. The molecule has 2 aromatic rings. The Balaban J connectivity index is 0.00000364. The topological polar surface area (TPSA) is 75.3 Å². The van der Waals surface area contributed by atoms with E-state index in [0.29, 0.717) is 11.7 Å². The highest BCUT2D eigenvalue weighted by Crippen LogP contribution is 2.18. The Morgan fingerprint density at radius 1 is 1.22 bits per heavy atom. The third-order valence-corrected chi connectivity index (χ3v) is 4.53. The number of aryl methyl sites for hydroxylation is 2. The number of hydrogen-bond acceptors (Lipinski definition) is 5. The van der Waals surface area contributed by atoms with Gasteiger partial charge in [0, 0.05) is 31.0 Å². The fraction of sp³-hybridized carbons (Fsp3) is 0.500. The van der Waals surface area contributed by atoms with Crippen LogP contribution < -0.4 is 10.6 Å². The van der Waals surface area contributed by atoms with Crippen molar-refractivity contribution in [2.45, 2.75) is 38.0 Å². The molecule has 0 amide bonds. The number of nitrogens with one attached hydrogen (secondary N) is 2. The molecule has 0 saturated heterocycles. The van der Waals surface area contributed by atoms with Crippen LogP contribution in [0.25, 0.3) is 0 Å². The molecule has 0 aliphatic carbocycles. The Kier molecular flexibility index (Phi) is 12.1. The zero-order chi connectivity index (χ0) is 18.6. The molecular weight excluding hydrogens is 480 g/mol. The second kappa shape index (κ2) is 13.8. The van der Waals surface area contributed by atoms with Crippen molar-refractivity contribution in [3.05, 3.63) is 41.8 Å². The molecule has 150 valence electrons. The van der Waals surface area contributed by atoms with Gasteiger partial charge in [-0.25, -0.2) is 4.39 Å². The molecule has 0 aliphatic heterocycles. The molecule has 1 heterocycles. The maximum Gasteiger partial charge on any atom is 0.226 e. The average molecular weight is 507 g/mol. The number of guanidine groups is 1. The lowest BCUT2D eigenvalue weighted by atomic mass is 10.3. The zero-order valence-corrected chi connectivity index (χ0v) is 18.9. The van der Waals surface area contributed by atoms with E-state index in [9.17, 15) is 4.39 Å². The van der Waals surface area contributed by atoms with Crippen molar-refractivity contribution in [3.8, 4) is 0 Å². The standard InChI is InChI=1S/C18H26FN5OS.HI/c1-3-20-18(21-11-4-6-17-23-14(2)24-25-17)22-12-5-13-26-16-9-7-15(19)8-10-16;/h7-10H,3-6,11-13H2,1-2H3,(H2,20,21,22);1H. The third-order valence-electron chi connectivity index (χ3n) is 3.43. The molecule has 1 aromatic heterocycles. The molecule has 0 spiro atoms. The first kappa shape index (κ1) is 23.7. The van der Waals surface area contributed by atoms with Crippen LogP contribution in [0.15, 0.2) is 38.7 Å². The summed E-state index contributed by atoms with van der Waals surface area (Å²) in [6, 6.07) is 6.59. The Labute approximate surface area is 181 Å². The number of thioether (sulfide) groups is 1. The van der Waals surface area contributed by atoms with E-state index in [0.717, 1.165) is 55.5 Å². The molecule has 0 bridgehead atoms. The monoisotopic (exact) mass is 507 g/mol. The van der Waals surface area contributed by atoms with Gasteiger partial charge >= 0.3 is 0 Å². The Bertz CT molecular complexity index is 681. The second-order valence-corrected chi connectivity index (χ2v) is 6.85. The number of aromatic nitrogens is 2. The van der Waals surface area contributed by atoms with Gasteiger partial charge in [0.15, 0.2) is 11.8 Å². The van der Waals surface area contributed by atoms with Crippen molar-refractivity contribution in [2.75, 3.05) is 25.4 Å². The summed E-state index contributed by atoms with van der Waals surface area (Å²) in [7, 11) is 0. The Hall–Kier alpha value is -1.36. The lowest BCUT2D eigenvalue weighted by Gasteiger charge is -2.10. The van der Waals surface area contributed by atoms with Crippen LogP contribution in [0.2, 0.25) is 0 Å². The van der Waals surface area contributed by atoms with Gasteiger partial charge in [0.25, 0.3) is 0 Å². The van der Waals surface area contributed by atoms with Crippen LogP contribution in [0.4, 0.5) is 4.39 Å². The zero-order valence-electron chi connectivity index (χ0n) is 15.7. The molecular formula is C18H27FIN5OS. The Morgan fingerprint density at radius 2 is 2.00 bits per heavy atom. The minimum absolute atomic E-state index is 0. The van der Waals surface area contributed by atoms with Crippen LogP contribution in [0.3, 0.4) is 0 Å². The van der Waals surface area contributed by atoms with Crippen LogP contribution in [0, 0.1) is 12.7 Å². The van der Waals surface area contributed by atoms with Gasteiger partial charge in [0.2, 0.25) is 5.89 Å². The molecule has 1 aromatic carbocycles. The van der Waals surface area contributed by atoms with Gasteiger partial charge in [-0.15, -0.1) is 35.7 Å². The summed E-state index contributed by atoms with van der Waals surface area (Å²) in [5, 5.41) is 10.3. The van der Waals surface area contributed by atoms with Gasteiger partial charge in [0.1, 0.15) is 5.82 Å². The molecule has 0 fully saturated rings. The van der Waals surface area contributed by atoms with Gasteiger partial charge in [-0.05, 0) is 56.7 Å². The van der Waals surface area contributed by atoms with Gasteiger partial charge in [0.05, 0.1) is 0 Å². The normalized spacial score (nSPS) is 11.1. The number of aliphatic imine (C=N–C) groups is 1. The van der Waals surface area contributed by atoms with Crippen LogP contribution >= 0.6 is 35.7 Å². The number of benzene rings is 1. The quantitative estimate of drug-likeness (QED) is 0.168. The maximum absolute atomic E-state index is 12.9. The first-order chi connectivity index (χ1) is 12.7. The number of nitrogens with zero attached hydrogens (tertiary/aromatic N) is 3. The van der Waals surface area contributed by atoms with E-state index in [-0.39, 0.29) is 29.8 Å². The smallest absolute Gasteiger partial charge is 0.226 e. The van der Waals surface area contributed by atoms with Crippen molar-refractivity contribution >= 4 is 41.7 Å². The molecule has 0 aliphatic rings. The van der Waals surface area contributed by atoms with E-state index in [2.05, 4.69) is 25.8 Å². The van der Waals surface area contributed by atoms with Crippen LogP contribution in [0.1, 0.15) is 31.5 Å². The molecule has 9 heteroatoms. The summed E-state index contributed by atoms with van der Waals surface area (Å²) >= 11 is 1.72. The van der Waals surface area contributed by atoms with Crippen LogP contribution in [0.5, 0.6) is 0 Å². The SMILES string of the molecule is CCNC(=NCCCSc1ccc(F)cc1)NCCCc1nc(C)no1.I.